The Kier molecular flexibility index (Phi) is 3.69. The molecule has 0 aromatic carbocycles. The number of aromatic nitrogens is 3. The number of anilines is 2. The van der Waals surface area contributed by atoms with E-state index >= 15 is 0 Å². The van der Waals surface area contributed by atoms with Crippen molar-refractivity contribution in [2.24, 2.45) is 11.8 Å². The fourth-order valence-corrected chi connectivity index (χ4v) is 2.97. The molecule has 1 fully saturated rings. The van der Waals surface area contributed by atoms with Crippen molar-refractivity contribution in [1.29, 1.82) is 0 Å². The maximum Gasteiger partial charge on any atom is 0.180 e. The smallest absolute Gasteiger partial charge is 0.180 e. The van der Waals surface area contributed by atoms with Crippen LogP contribution in [0.5, 0.6) is 0 Å². The third-order valence-electron chi connectivity index (χ3n) is 4.44. The molecule has 0 aliphatic heterocycles. The van der Waals surface area contributed by atoms with Crippen LogP contribution in [0.4, 0.5) is 11.6 Å². The van der Waals surface area contributed by atoms with Crippen LogP contribution in [0.15, 0.2) is 18.6 Å². The van der Waals surface area contributed by atoms with E-state index < -0.39 is 0 Å². The fourth-order valence-electron chi connectivity index (χ4n) is 2.97. The van der Waals surface area contributed by atoms with E-state index in [9.17, 15) is 5.11 Å². The van der Waals surface area contributed by atoms with Gasteiger partial charge in [-0.15, -0.1) is 0 Å². The zero-order valence-electron chi connectivity index (χ0n) is 12.2. The van der Waals surface area contributed by atoms with Crippen molar-refractivity contribution in [3.63, 3.8) is 0 Å². The van der Waals surface area contributed by atoms with Crippen LogP contribution in [0.2, 0.25) is 0 Å². The summed E-state index contributed by atoms with van der Waals surface area (Å²) in [5.74, 6) is 7.39. The average molecular weight is 290 g/mol. The number of hydrogen-bond donors (Lipinski definition) is 4. The molecule has 7 heteroatoms. The van der Waals surface area contributed by atoms with Crippen molar-refractivity contribution in [2.75, 3.05) is 17.3 Å². The summed E-state index contributed by atoms with van der Waals surface area (Å²) in [6.45, 7) is 2.35. The van der Waals surface area contributed by atoms with Crippen LogP contribution in [-0.2, 0) is 0 Å². The highest BCUT2D eigenvalue weighted by atomic mass is 16.3. The molecule has 114 valence electrons. The van der Waals surface area contributed by atoms with Crippen molar-refractivity contribution < 1.29 is 5.11 Å². The molecule has 0 saturated heterocycles. The Morgan fingerprint density at radius 3 is 2.90 bits per heavy atom. The molecule has 0 amide bonds. The first kappa shape index (κ1) is 14.1. The van der Waals surface area contributed by atoms with Crippen molar-refractivity contribution in [3.05, 3.63) is 18.6 Å². The summed E-state index contributed by atoms with van der Waals surface area (Å²) in [5, 5.41) is 13.3. The fraction of sp³-hybridized carbons (Fsp3) is 0.571. The van der Waals surface area contributed by atoms with E-state index in [0.717, 1.165) is 31.3 Å². The Bertz CT molecular complexity index is 617. The number of aliphatic hydroxyl groups excluding tert-OH is 1. The second-order valence-electron chi connectivity index (χ2n) is 6.02. The predicted octanol–water partition coefficient (Wildman–Crippen LogP) is 1.37. The molecule has 0 unspecified atom stereocenters. The van der Waals surface area contributed by atoms with Crippen molar-refractivity contribution in [1.82, 2.24) is 14.4 Å². The first-order chi connectivity index (χ1) is 10.2. The summed E-state index contributed by atoms with van der Waals surface area (Å²) in [5.41, 5.74) is 2.98. The second-order valence-corrected chi connectivity index (χ2v) is 6.02. The summed E-state index contributed by atoms with van der Waals surface area (Å²) in [4.78, 5) is 8.78. The average Bonchev–Trinajstić information content (AvgIpc) is 2.98. The zero-order chi connectivity index (χ0) is 14.9. The Morgan fingerprint density at radius 2 is 2.24 bits per heavy atom. The molecule has 0 radical (unpaired) electrons. The molecular weight excluding hydrogens is 268 g/mol. The van der Waals surface area contributed by atoms with Gasteiger partial charge >= 0.3 is 0 Å². The first-order valence-electron chi connectivity index (χ1n) is 7.35. The third-order valence-corrected chi connectivity index (χ3v) is 4.44. The van der Waals surface area contributed by atoms with Crippen molar-refractivity contribution in [3.8, 4) is 0 Å². The summed E-state index contributed by atoms with van der Waals surface area (Å²) in [6.07, 6.45) is 9.41. The lowest BCUT2D eigenvalue weighted by atomic mass is 9.77. The van der Waals surface area contributed by atoms with Gasteiger partial charge in [0.15, 0.2) is 17.3 Å². The number of fused-ring (bicyclic) bond motifs is 1. The van der Waals surface area contributed by atoms with Crippen LogP contribution >= 0.6 is 0 Å². The van der Waals surface area contributed by atoms with E-state index in [0.29, 0.717) is 17.6 Å². The minimum Gasteiger partial charge on any atom is -0.394 e. The molecule has 0 bridgehead atoms. The molecule has 3 rings (SSSR count). The van der Waals surface area contributed by atoms with Gasteiger partial charge in [0.25, 0.3) is 0 Å². The largest absolute Gasteiger partial charge is 0.394 e. The van der Waals surface area contributed by atoms with Gasteiger partial charge in [-0.1, -0.05) is 6.92 Å². The number of rotatable bonds is 4. The van der Waals surface area contributed by atoms with Gasteiger partial charge in [-0.3, -0.25) is 0 Å². The van der Waals surface area contributed by atoms with Gasteiger partial charge in [0, 0.05) is 12.4 Å². The normalized spacial score (nSPS) is 26.0. The number of imidazole rings is 1. The molecule has 7 nitrogen and oxygen atoms in total. The highest BCUT2D eigenvalue weighted by Gasteiger charge is 2.34. The maximum atomic E-state index is 9.88. The Hall–Kier alpha value is -1.86. The lowest BCUT2D eigenvalue weighted by molar-refractivity contribution is 0.155. The zero-order valence-corrected chi connectivity index (χ0v) is 12.2. The summed E-state index contributed by atoms with van der Waals surface area (Å²) in [6, 6.07) is 0. The second kappa shape index (κ2) is 5.50. The summed E-state index contributed by atoms with van der Waals surface area (Å²) >= 11 is 0. The van der Waals surface area contributed by atoms with E-state index in [1.54, 1.807) is 12.4 Å². The summed E-state index contributed by atoms with van der Waals surface area (Å²) in [7, 11) is 0. The van der Waals surface area contributed by atoms with Gasteiger partial charge < -0.3 is 20.2 Å². The third kappa shape index (κ3) is 2.66. The topological polar surface area (TPSA) is 100 Å². The predicted molar refractivity (Wildman–Crippen MR) is 81.9 cm³/mol. The number of hydrogen-bond acceptors (Lipinski definition) is 6. The van der Waals surface area contributed by atoms with Crippen molar-refractivity contribution in [2.45, 2.75) is 38.1 Å². The molecule has 2 aromatic rings. The lowest BCUT2D eigenvalue weighted by Crippen LogP contribution is -2.45. The number of aliphatic hydroxyl groups is 1. The molecule has 1 saturated carbocycles. The van der Waals surface area contributed by atoms with E-state index in [2.05, 4.69) is 27.6 Å². The highest BCUT2D eigenvalue weighted by Crippen LogP contribution is 2.34. The Balaban J connectivity index is 1.94. The molecule has 2 aromatic heterocycles. The monoisotopic (exact) mass is 290 g/mol. The van der Waals surface area contributed by atoms with E-state index in [1.165, 1.54) is 0 Å². The van der Waals surface area contributed by atoms with Crippen LogP contribution in [0.25, 0.3) is 5.65 Å². The van der Waals surface area contributed by atoms with Gasteiger partial charge in [-0.25, -0.2) is 15.8 Å². The van der Waals surface area contributed by atoms with Crippen molar-refractivity contribution >= 4 is 17.3 Å². The van der Waals surface area contributed by atoms with E-state index in [4.69, 9.17) is 5.84 Å². The molecular formula is C14H22N6O. The number of nitrogens with zero attached hydrogens (tertiary/aromatic N) is 3. The Labute approximate surface area is 123 Å². The van der Waals surface area contributed by atoms with Gasteiger partial charge in [0.1, 0.15) is 0 Å². The molecule has 21 heavy (non-hydrogen) atoms. The van der Waals surface area contributed by atoms with Crippen LogP contribution in [0, 0.1) is 5.92 Å². The van der Waals surface area contributed by atoms with Gasteiger partial charge in [0.2, 0.25) is 0 Å². The molecule has 0 spiro atoms. The summed E-state index contributed by atoms with van der Waals surface area (Å²) < 4.78 is 1.86. The van der Waals surface area contributed by atoms with E-state index in [1.807, 2.05) is 10.6 Å². The Morgan fingerprint density at radius 1 is 1.48 bits per heavy atom. The standard InChI is InChI=1S/C14H22N6O/c1-10-2-4-14(9-21,5-3-10)18-12-13-16-6-7-20(13)8-11(17-12)19-15/h6-8,10,19,21H,2-5,9,15H2,1H3,(H,17,18). The molecule has 0 atom stereocenters. The quantitative estimate of drug-likeness (QED) is 0.501. The maximum absolute atomic E-state index is 9.88. The molecule has 5 N–H and O–H groups in total. The van der Waals surface area contributed by atoms with E-state index in [-0.39, 0.29) is 12.1 Å². The lowest BCUT2D eigenvalue weighted by Gasteiger charge is -2.39. The minimum absolute atomic E-state index is 0.0918. The minimum atomic E-state index is -0.320. The van der Waals surface area contributed by atoms with Gasteiger partial charge in [0.05, 0.1) is 18.3 Å². The highest BCUT2D eigenvalue weighted by molar-refractivity contribution is 5.66. The van der Waals surface area contributed by atoms with Crippen LogP contribution in [0.3, 0.4) is 0 Å². The van der Waals surface area contributed by atoms with Crippen LogP contribution < -0.4 is 16.6 Å². The number of hydrazine groups is 1. The van der Waals surface area contributed by atoms with Gasteiger partial charge in [-0.2, -0.15) is 0 Å². The molecule has 2 heterocycles. The number of nitrogen functional groups attached to an aromatic ring is 1. The number of nitrogens with one attached hydrogen (secondary N) is 2. The molecule has 1 aliphatic rings. The molecule has 1 aliphatic carbocycles. The van der Waals surface area contributed by atoms with Crippen LogP contribution in [0.1, 0.15) is 32.6 Å². The van der Waals surface area contributed by atoms with Crippen LogP contribution in [-0.4, -0.2) is 31.6 Å². The number of nitrogens with two attached hydrogens (primary N) is 1. The first-order valence-corrected chi connectivity index (χ1v) is 7.35. The van der Waals surface area contributed by atoms with Gasteiger partial charge in [-0.05, 0) is 31.6 Å². The SMILES string of the molecule is CC1CCC(CO)(Nc2nc(NN)cn3ccnc23)CC1.